The summed E-state index contributed by atoms with van der Waals surface area (Å²) in [6, 6.07) is 14.1. The van der Waals surface area contributed by atoms with Gasteiger partial charge in [-0.05, 0) is 61.6 Å². The average Bonchev–Trinajstić information content (AvgIpc) is 3.16. The fourth-order valence-corrected chi connectivity index (χ4v) is 4.75. The fourth-order valence-electron chi connectivity index (χ4n) is 3.88. The molecular weight excluding hydrogens is 420 g/mol. The van der Waals surface area contributed by atoms with Crippen molar-refractivity contribution in [3.63, 3.8) is 0 Å². The minimum atomic E-state index is -0.357. The highest BCUT2D eigenvalue weighted by molar-refractivity contribution is 8.00. The van der Waals surface area contributed by atoms with Crippen LogP contribution in [-0.2, 0) is 4.79 Å². The van der Waals surface area contributed by atoms with Gasteiger partial charge in [0.1, 0.15) is 5.75 Å². The molecule has 0 radical (unpaired) electrons. The van der Waals surface area contributed by atoms with Gasteiger partial charge in [0.2, 0.25) is 5.91 Å². The Labute approximate surface area is 192 Å². The lowest BCUT2D eigenvalue weighted by molar-refractivity contribution is -0.115. The van der Waals surface area contributed by atoms with Gasteiger partial charge in [-0.3, -0.25) is 9.20 Å². The van der Waals surface area contributed by atoms with Gasteiger partial charge in [0.05, 0.1) is 17.9 Å². The Morgan fingerprint density at radius 3 is 2.56 bits per heavy atom. The summed E-state index contributed by atoms with van der Waals surface area (Å²) in [5.41, 5.74) is 5.92. The Morgan fingerprint density at radius 2 is 1.84 bits per heavy atom. The lowest BCUT2D eigenvalue weighted by Gasteiger charge is -2.18. The molecule has 0 fully saturated rings. The van der Waals surface area contributed by atoms with E-state index < -0.39 is 0 Å². The normalized spacial score (nSPS) is 12.5. The quantitative estimate of drug-likeness (QED) is 0.380. The molecule has 1 unspecified atom stereocenters. The van der Waals surface area contributed by atoms with Crippen LogP contribution in [0, 0.1) is 13.8 Å². The standard InChI is InChI=1S/C25H28N4O2S/c1-14(2)19-9-7-8-15(3)23(19)26-24(30)17(5)32-25-28-27-22-12-16(4)20-11-10-18(31-6)13-21(20)29(22)25/h7-14,17H,1-6H3,(H,26,30). The molecule has 6 nitrogen and oxygen atoms in total. The molecular formula is C25H28N4O2S. The highest BCUT2D eigenvalue weighted by Gasteiger charge is 2.21. The molecule has 4 aromatic rings. The number of hydrogen-bond donors (Lipinski definition) is 1. The SMILES string of the molecule is COc1ccc2c(C)cc3nnc(SC(C)C(=O)Nc4c(C)cccc4C(C)C)n3c2c1. The molecule has 0 saturated carbocycles. The first kappa shape index (κ1) is 22.1. The molecule has 0 aliphatic heterocycles. The second-order valence-corrected chi connectivity index (χ2v) is 9.64. The second kappa shape index (κ2) is 8.82. The number of benzene rings is 2. The van der Waals surface area contributed by atoms with E-state index >= 15 is 0 Å². The van der Waals surface area contributed by atoms with Crippen LogP contribution < -0.4 is 10.1 Å². The molecule has 0 spiro atoms. The number of ether oxygens (including phenoxy) is 1. The number of carbonyl (C=O) groups is 1. The predicted molar refractivity (Wildman–Crippen MR) is 131 cm³/mol. The van der Waals surface area contributed by atoms with E-state index in [9.17, 15) is 4.79 Å². The lowest BCUT2D eigenvalue weighted by Crippen LogP contribution is -2.24. The van der Waals surface area contributed by atoms with Crippen LogP contribution >= 0.6 is 11.8 Å². The van der Waals surface area contributed by atoms with Crippen molar-refractivity contribution in [3.8, 4) is 5.75 Å². The van der Waals surface area contributed by atoms with Crippen LogP contribution in [0.2, 0.25) is 0 Å². The van der Waals surface area contributed by atoms with Gasteiger partial charge in [-0.25, -0.2) is 0 Å². The van der Waals surface area contributed by atoms with Crippen molar-refractivity contribution in [2.24, 2.45) is 0 Å². The molecule has 166 valence electrons. The van der Waals surface area contributed by atoms with Crippen LogP contribution in [0.3, 0.4) is 0 Å². The largest absolute Gasteiger partial charge is 0.497 e. The molecule has 2 aromatic carbocycles. The first-order valence-corrected chi connectivity index (χ1v) is 11.6. The lowest BCUT2D eigenvalue weighted by atomic mass is 9.98. The number of amides is 1. The van der Waals surface area contributed by atoms with Crippen LogP contribution in [0.4, 0.5) is 5.69 Å². The molecule has 4 rings (SSSR count). The number of nitrogens with zero attached hydrogens (tertiary/aromatic N) is 3. The van der Waals surface area contributed by atoms with Crippen molar-refractivity contribution in [2.75, 3.05) is 12.4 Å². The van der Waals surface area contributed by atoms with E-state index in [2.05, 4.69) is 42.4 Å². The number of carbonyl (C=O) groups excluding carboxylic acids is 1. The first-order chi connectivity index (χ1) is 15.3. The molecule has 32 heavy (non-hydrogen) atoms. The topological polar surface area (TPSA) is 68.5 Å². The average molecular weight is 449 g/mol. The summed E-state index contributed by atoms with van der Waals surface area (Å²) in [4.78, 5) is 13.1. The minimum absolute atomic E-state index is 0.0584. The summed E-state index contributed by atoms with van der Waals surface area (Å²) in [7, 11) is 1.65. The van der Waals surface area contributed by atoms with Gasteiger partial charge in [-0.15, -0.1) is 10.2 Å². The summed E-state index contributed by atoms with van der Waals surface area (Å²) in [5, 5.41) is 13.3. The zero-order valence-corrected chi connectivity index (χ0v) is 20.1. The number of rotatable bonds is 6. The first-order valence-electron chi connectivity index (χ1n) is 10.7. The maximum atomic E-state index is 13.1. The zero-order valence-electron chi connectivity index (χ0n) is 19.3. The maximum Gasteiger partial charge on any atom is 0.237 e. The second-order valence-electron chi connectivity index (χ2n) is 8.33. The summed E-state index contributed by atoms with van der Waals surface area (Å²) in [6.45, 7) is 10.2. The van der Waals surface area contributed by atoms with Crippen molar-refractivity contribution in [1.82, 2.24) is 14.6 Å². The molecule has 0 bridgehead atoms. The minimum Gasteiger partial charge on any atom is -0.497 e. The van der Waals surface area contributed by atoms with Gasteiger partial charge >= 0.3 is 0 Å². The molecule has 0 saturated heterocycles. The molecule has 7 heteroatoms. The summed E-state index contributed by atoms with van der Waals surface area (Å²) in [5.74, 6) is 1.02. The Balaban J connectivity index is 1.67. The van der Waals surface area contributed by atoms with E-state index in [-0.39, 0.29) is 11.2 Å². The number of para-hydroxylation sites is 1. The number of thioether (sulfide) groups is 1. The number of anilines is 1. The third-order valence-corrected chi connectivity index (χ3v) is 6.74. The molecule has 2 aromatic heterocycles. The van der Waals surface area contributed by atoms with Crippen LogP contribution in [0.25, 0.3) is 16.6 Å². The third-order valence-electron chi connectivity index (χ3n) is 5.70. The molecule has 0 aliphatic carbocycles. The zero-order chi connectivity index (χ0) is 23.0. The van der Waals surface area contributed by atoms with Crippen molar-refractivity contribution >= 4 is 39.9 Å². The van der Waals surface area contributed by atoms with Crippen LogP contribution in [0.5, 0.6) is 5.75 Å². The molecule has 1 N–H and O–H groups in total. The van der Waals surface area contributed by atoms with Crippen LogP contribution in [0.15, 0.2) is 47.6 Å². The van der Waals surface area contributed by atoms with E-state index in [4.69, 9.17) is 4.74 Å². The number of nitrogens with one attached hydrogen (secondary N) is 1. The predicted octanol–water partition coefficient (Wildman–Crippen LogP) is 5.75. The maximum absolute atomic E-state index is 13.1. The third kappa shape index (κ3) is 4.05. The van der Waals surface area contributed by atoms with Crippen molar-refractivity contribution in [3.05, 3.63) is 59.2 Å². The highest BCUT2D eigenvalue weighted by atomic mass is 32.2. The number of methoxy groups -OCH3 is 1. The van der Waals surface area contributed by atoms with Crippen molar-refractivity contribution in [2.45, 2.75) is 50.9 Å². The monoisotopic (exact) mass is 448 g/mol. The van der Waals surface area contributed by atoms with Gasteiger partial charge in [-0.1, -0.05) is 43.8 Å². The van der Waals surface area contributed by atoms with E-state index in [0.29, 0.717) is 11.1 Å². The summed E-state index contributed by atoms with van der Waals surface area (Å²) >= 11 is 1.40. The molecule has 0 aliphatic rings. The van der Waals surface area contributed by atoms with Gasteiger partial charge < -0.3 is 10.1 Å². The molecule has 2 heterocycles. The van der Waals surface area contributed by atoms with Crippen LogP contribution in [0.1, 0.15) is 43.4 Å². The Hall–Kier alpha value is -3.06. The van der Waals surface area contributed by atoms with Crippen molar-refractivity contribution in [1.29, 1.82) is 0 Å². The van der Waals surface area contributed by atoms with Crippen molar-refractivity contribution < 1.29 is 9.53 Å². The van der Waals surface area contributed by atoms with Crippen LogP contribution in [-0.4, -0.2) is 32.9 Å². The number of aromatic nitrogens is 3. The molecule has 1 amide bonds. The summed E-state index contributed by atoms with van der Waals surface area (Å²) in [6.07, 6.45) is 0. The van der Waals surface area contributed by atoms with Gasteiger partial charge in [0.25, 0.3) is 0 Å². The smallest absolute Gasteiger partial charge is 0.237 e. The van der Waals surface area contributed by atoms with E-state index in [1.165, 1.54) is 11.8 Å². The fraction of sp³-hybridized carbons (Fsp3) is 0.320. The van der Waals surface area contributed by atoms with Gasteiger partial charge in [-0.2, -0.15) is 0 Å². The Kier molecular flexibility index (Phi) is 6.11. The van der Waals surface area contributed by atoms with Gasteiger partial charge in [0.15, 0.2) is 10.8 Å². The Bertz CT molecular complexity index is 1310. The van der Waals surface area contributed by atoms with E-state index in [1.54, 1.807) is 7.11 Å². The number of hydrogen-bond acceptors (Lipinski definition) is 5. The highest BCUT2D eigenvalue weighted by Crippen LogP contribution is 2.32. The number of aryl methyl sites for hydroxylation is 2. The number of fused-ring (bicyclic) bond motifs is 3. The van der Waals surface area contributed by atoms with E-state index in [0.717, 1.165) is 44.7 Å². The summed E-state index contributed by atoms with van der Waals surface area (Å²) < 4.78 is 7.42. The van der Waals surface area contributed by atoms with Gasteiger partial charge in [0, 0.05) is 17.1 Å². The Morgan fingerprint density at radius 1 is 1.06 bits per heavy atom. The van der Waals surface area contributed by atoms with E-state index in [1.807, 2.05) is 54.6 Å². The molecule has 1 atom stereocenters. The number of pyridine rings is 1.